The summed E-state index contributed by atoms with van der Waals surface area (Å²) in [5, 5.41) is 18.7. The largest absolute Gasteiger partial charge is 0.350 e. The number of nitrogens with zero attached hydrogens (tertiary/aromatic N) is 3. The Labute approximate surface area is 104 Å². The summed E-state index contributed by atoms with van der Waals surface area (Å²) in [4.78, 5) is 1.94. The molecule has 0 aromatic rings. The van der Waals surface area contributed by atoms with Crippen molar-refractivity contribution in [2.24, 2.45) is 5.41 Å². The standard InChI is InChI=1S/C14H19N3/c1-6-7-14(4)12(8-15)10(2)17(5)11(3)13(14)9-16/h6-7H2,1-5H3. The zero-order chi connectivity index (χ0) is 13.2. The minimum atomic E-state index is -0.418. The van der Waals surface area contributed by atoms with Crippen LogP contribution in [0.15, 0.2) is 22.5 Å². The van der Waals surface area contributed by atoms with E-state index in [2.05, 4.69) is 19.1 Å². The van der Waals surface area contributed by atoms with E-state index in [1.807, 2.05) is 32.7 Å². The molecule has 90 valence electrons. The number of allylic oxidation sites excluding steroid dienone is 4. The summed E-state index contributed by atoms with van der Waals surface area (Å²) >= 11 is 0. The van der Waals surface area contributed by atoms with Crippen LogP contribution in [0.3, 0.4) is 0 Å². The zero-order valence-electron chi connectivity index (χ0n) is 11.3. The lowest BCUT2D eigenvalue weighted by Crippen LogP contribution is -2.33. The number of nitriles is 2. The molecule has 0 aromatic carbocycles. The van der Waals surface area contributed by atoms with Crippen molar-refractivity contribution in [2.75, 3.05) is 7.05 Å². The third kappa shape index (κ3) is 1.83. The average molecular weight is 229 g/mol. The first kappa shape index (κ1) is 13.3. The fourth-order valence-electron chi connectivity index (χ4n) is 2.67. The Balaban J connectivity index is 3.51. The van der Waals surface area contributed by atoms with Crippen LogP contribution in [0, 0.1) is 28.1 Å². The van der Waals surface area contributed by atoms with Crippen LogP contribution in [0.5, 0.6) is 0 Å². The second kappa shape index (κ2) is 4.63. The van der Waals surface area contributed by atoms with Gasteiger partial charge in [0.25, 0.3) is 0 Å². The van der Waals surface area contributed by atoms with Gasteiger partial charge in [0.2, 0.25) is 0 Å². The van der Waals surface area contributed by atoms with Gasteiger partial charge in [-0.1, -0.05) is 13.3 Å². The van der Waals surface area contributed by atoms with Crippen molar-refractivity contribution >= 4 is 0 Å². The molecule has 17 heavy (non-hydrogen) atoms. The summed E-state index contributed by atoms with van der Waals surface area (Å²) < 4.78 is 0. The Bertz CT molecular complexity index is 431. The lowest BCUT2D eigenvalue weighted by atomic mass is 9.69. The molecule has 3 nitrogen and oxygen atoms in total. The molecule has 1 aliphatic heterocycles. The van der Waals surface area contributed by atoms with Crippen LogP contribution in [0.4, 0.5) is 0 Å². The Morgan fingerprint density at radius 1 is 1.12 bits per heavy atom. The Hall–Kier alpha value is -1.74. The van der Waals surface area contributed by atoms with E-state index in [1.165, 1.54) is 0 Å². The summed E-state index contributed by atoms with van der Waals surface area (Å²) in [6.45, 7) is 7.99. The van der Waals surface area contributed by atoms with Crippen LogP contribution in [0.2, 0.25) is 0 Å². The first-order chi connectivity index (χ1) is 7.93. The Morgan fingerprint density at radius 2 is 1.53 bits per heavy atom. The van der Waals surface area contributed by atoms with Crippen molar-refractivity contribution in [1.29, 1.82) is 10.5 Å². The monoisotopic (exact) mass is 229 g/mol. The van der Waals surface area contributed by atoms with Gasteiger partial charge in [-0.15, -0.1) is 0 Å². The fourth-order valence-corrected chi connectivity index (χ4v) is 2.67. The van der Waals surface area contributed by atoms with E-state index in [-0.39, 0.29) is 0 Å². The molecule has 0 unspecified atom stereocenters. The van der Waals surface area contributed by atoms with Gasteiger partial charge in [-0.05, 0) is 27.2 Å². The average Bonchev–Trinajstić information content (AvgIpc) is 2.28. The van der Waals surface area contributed by atoms with E-state index < -0.39 is 5.41 Å². The topological polar surface area (TPSA) is 50.8 Å². The lowest BCUT2D eigenvalue weighted by Gasteiger charge is -2.39. The van der Waals surface area contributed by atoms with Gasteiger partial charge in [0.1, 0.15) is 0 Å². The summed E-state index contributed by atoms with van der Waals surface area (Å²) in [6, 6.07) is 4.59. The van der Waals surface area contributed by atoms with Crippen molar-refractivity contribution in [3.63, 3.8) is 0 Å². The van der Waals surface area contributed by atoms with Gasteiger partial charge in [-0.2, -0.15) is 10.5 Å². The van der Waals surface area contributed by atoms with E-state index in [0.29, 0.717) is 0 Å². The van der Waals surface area contributed by atoms with E-state index in [9.17, 15) is 10.5 Å². The normalized spacial score (nSPS) is 19.1. The molecule has 0 aliphatic carbocycles. The minimum absolute atomic E-state index is 0.418. The number of rotatable bonds is 2. The van der Waals surface area contributed by atoms with Crippen LogP contribution in [-0.4, -0.2) is 11.9 Å². The lowest BCUT2D eigenvalue weighted by molar-refractivity contribution is 0.379. The quantitative estimate of drug-likeness (QED) is 0.729. The van der Waals surface area contributed by atoms with Gasteiger partial charge < -0.3 is 4.90 Å². The molecule has 0 fully saturated rings. The first-order valence-electron chi connectivity index (χ1n) is 5.90. The van der Waals surface area contributed by atoms with Gasteiger partial charge in [-0.3, -0.25) is 0 Å². The molecule has 0 saturated heterocycles. The highest BCUT2D eigenvalue weighted by Gasteiger charge is 2.40. The molecule has 0 radical (unpaired) electrons. The van der Waals surface area contributed by atoms with E-state index >= 15 is 0 Å². The van der Waals surface area contributed by atoms with Gasteiger partial charge in [0.15, 0.2) is 0 Å². The Kier molecular flexibility index (Phi) is 3.63. The molecule has 1 heterocycles. The van der Waals surface area contributed by atoms with Crippen molar-refractivity contribution < 1.29 is 0 Å². The predicted octanol–water partition coefficient (Wildman–Crippen LogP) is 3.33. The maximum atomic E-state index is 9.37. The van der Waals surface area contributed by atoms with Crippen LogP contribution < -0.4 is 0 Å². The van der Waals surface area contributed by atoms with Crippen LogP contribution in [0.1, 0.15) is 40.5 Å². The molecule has 0 bridgehead atoms. The van der Waals surface area contributed by atoms with Gasteiger partial charge in [0, 0.05) is 23.9 Å². The minimum Gasteiger partial charge on any atom is -0.350 e. The molecule has 0 N–H and O–H groups in total. The highest BCUT2D eigenvalue weighted by molar-refractivity contribution is 5.51. The highest BCUT2D eigenvalue weighted by Crippen LogP contribution is 2.46. The molecule has 3 heteroatoms. The predicted molar refractivity (Wildman–Crippen MR) is 67.4 cm³/mol. The molecule has 0 saturated carbocycles. The van der Waals surface area contributed by atoms with Crippen LogP contribution in [0.25, 0.3) is 0 Å². The summed E-state index contributed by atoms with van der Waals surface area (Å²) in [5.74, 6) is 0. The second-order valence-electron chi connectivity index (χ2n) is 4.79. The Morgan fingerprint density at radius 3 is 1.82 bits per heavy atom. The van der Waals surface area contributed by atoms with Gasteiger partial charge in [0.05, 0.1) is 23.3 Å². The number of hydrogen-bond donors (Lipinski definition) is 0. The molecular formula is C14H19N3. The zero-order valence-corrected chi connectivity index (χ0v) is 11.3. The third-order valence-corrected chi connectivity index (χ3v) is 3.81. The van der Waals surface area contributed by atoms with Crippen molar-refractivity contribution in [3.05, 3.63) is 22.5 Å². The molecule has 0 spiro atoms. The van der Waals surface area contributed by atoms with E-state index in [0.717, 1.165) is 35.4 Å². The van der Waals surface area contributed by atoms with E-state index in [1.54, 1.807) is 0 Å². The molecule has 1 rings (SSSR count). The summed E-state index contributed by atoms with van der Waals surface area (Å²) in [7, 11) is 1.91. The molecule has 1 aliphatic rings. The van der Waals surface area contributed by atoms with Gasteiger partial charge >= 0.3 is 0 Å². The van der Waals surface area contributed by atoms with Crippen molar-refractivity contribution in [1.82, 2.24) is 4.90 Å². The van der Waals surface area contributed by atoms with Crippen LogP contribution >= 0.6 is 0 Å². The fraction of sp³-hybridized carbons (Fsp3) is 0.571. The molecule has 0 amide bonds. The SMILES string of the molecule is CCCC1(C)C(C#N)=C(C)N(C)C(C)=C1C#N. The number of hydrogen-bond acceptors (Lipinski definition) is 3. The maximum absolute atomic E-state index is 9.37. The highest BCUT2D eigenvalue weighted by atomic mass is 15.1. The molecule has 0 aromatic heterocycles. The summed E-state index contributed by atoms with van der Waals surface area (Å²) in [6.07, 6.45) is 1.79. The maximum Gasteiger partial charge on any atom is 0.0975 e. The second-order valence-corrected chi connectivity index (χ2v) is 4.79. The van der Waals surface area contributed by atoms with E-state index in [4.69, 9.17) is 0 Å². The third-order valence-electron chi connectivity index (χ3n) is 3.81. The molecule has 0 atom stereocenters. The van der Waals surface area contributed by atoms with Crippen molar-refractivity contribution in [3.8, 4) is 12.1 Å². The van der Waals surface area contributed by atoms with Crippen LogP contribution in [-0.2, 0) is 0 Å². The smallest absolute Gasteiger partial charge is 0.0975 e. The van der Waals surface area contributed by atoms with Gasteiger partial charge in [-0.25, -0.2) is 0 Å². The molecular weight excluding hydrogens is 210 g/mol. The first-order valence-corrected chi connectivity index (χ1v) is 5.90. The summed E-state index contributed by atoms with van der Waals surface area (Å²) in [5.41, 5.74) is 2.95. The van der Waals surface area contributed by atoms with Crippen molar-refractivity contribution in [2.45, 2.75) is 40.5 Å².